The number of aromatic carboxylic acids is 1. The second kappa shape index (κ2) is 22.7. The first-order chi connectivity index (χ1) is 33.0. The number of benzene rings is 4. The molecule has 0 unspecified atom stereocenters. The normalized spacial score (nSPS) is 14.8. The van der Waals surface area contributed by atoms with Gasteiger partial charge in [0, 0.05) is 37.1 Å². The van der Waals surface area contributed by atoms with Crippen molar-refractivity contribution in [2.24, 2.45) is 0 Å². The molecule has 2 N–H and O–H groups in total. The zero-order valence-corrected chi connectivity index (χ0v) is 41.1. The minimum atomic E-state index is -0.972. The van der Waals surface area contributed by atoms with Gasteiger partial charge < -0.3 is 43.4 Å². The van der Waals surface area contributed by atoms with E-state index >= 15 is 0 Å². The standard InChI is InChI=1S/C27H27FO7.C16H18O3.C11H11FO5/c1-7-17-10-19(11-21-24(17)35-27(5,6)14-26(21,3)4)25(31)34-20-9-8-18(22(28)13-20)12-23(30)33-15-32-16(2)29;1-6-10-7-11(14(17)18)8-12-13(10)19-16(4,5)9-15(12,2)3;1-7(13)16-6-17-11(15)4-8-2-3-9(14)5-10(8)12/h1,8-11,13H,12,14-15H2,2-6H3;1,7-8H,9H2,2-5H3,(H,17,18);2-3,5,14H,4,6H2,1H3. The molecule has 0 amide bonds. The summed E-state index contributed by atoms with van der Waals surface area (Å²) in [7, 11) is 0. The van der Waals surface area contributed by atoms with E-state index in [1.807, 2.05) is 27.7 Å². The van der Waals surface area contributed by atoms with Crippen molar-refractivity contribution in [3.63, 3.8) is 0 Å². The number of hydrogen-bond acceptors (Lipinski definition) is 14. The van der Waals surface area contributed by atoms with Crippen LogP contribution in [0.2, 0.25) is 0 Å². The van der Waals surface area contributed by atoms with E-state index < -0.39 is 66.6 Å². The van der Waals surface area contributed by atoms with E-state index in [2.05, 4.69) is 53.7 Å². The summed E-state index contributed by atoms with van der Waals surface area (Å²) >= 11 is 0. The summed E-state index contributed by atoms with van der Waals surface area (Å²) in [6.07, 6.45) is 12.0. The maximum Gasteiger partial charge on any atom is 0.343 e. The fraction of sp³-hybridized carbons (Fsp3) is 0.370. The fourth-order valence-electron chi connectivity index (χ4n) is 8.23. The smallest absolute Gasteiger partial charge is 0.343 e. The first kappa shape index (κ1) is 55.7. The van der Waals surface area contributed by atoms with E-state index in [1.165, 1.54) is 50.2 Å². The molecule has 0 saturated heterocycles. The zero-order chi connectivity index (χ0) is 53.2. The van der Waals surface area contributed by atoms with E-state index in [0.29, 0.717) is 29.0 Å². The number of halogens is 2. The van der Waals surface area contributed by atoms with Gasteiger partial charge in [0.2, 0.25) is 13.6 Å². The molecule has 0 aromatic heterocycles. The number of esters is 5. The molecule has 0 fully saturated rings. The number of aromatic hydroxyl groups is 1. The van der Waals surface area contributed by atoms with Crippen molar-refractivity contribution < 1.29 is 80.9 Å². The highest BCUT2D eigenvalue weighted by Crippen LogP contribution is 2.48. The van der Waals surface area contributed by atoms with Gasteiger partial charge >= 0.3 is 35.8 Å². The monoisotopic (exact) mass is 982 g/mol. The summed E-state index contributed by atoms with van der Waals surface area (Å²) in [5.74, 6) is 0.244. The van der Waals surface area contributed by atoms with Crippen molar-refractivity contribution >= 4 is 35.8 Å². The average molecular weight is 983 g/mol. The molecule has 376 valence electrons. The summed E-state index contributed by atoms with van der Waals surface area (Å²) in [5.41, 5.74) is 1.95. The lowest BCUT2D eigenvalue weighted by molar-refractivity contribution is -0.167. The van der Waals surface area contributed by atoms with E-state index in [0.717, 1.165) is 29.7 Å². The van der Waals surface area contributed by atoms with Crippen LogP contribution in [0.1, 0.15) is 136 Å². The number of terminal acetylenes is 2. The Morgan fingerprint density at radius 3 is 1.45 bits per heavy atom. The Hall–Kier alpha value is -7.92. The predicted octanol–water partition coefficient (Wildman–Crippen LogP) is 8.81. The third-order valence-corrected chi connectivity index (χ3v) is 10.8. The number of carbonyl (C=O) groups is 6. The van der Waals surface area contributed by atoms with Crippen LogP contribution in [0.3, 0.4) is 0 Å². The summed E-state index contributed by atoms with van der Waals surface area (Å²) in [4.78, 5) is 68.1. The number of rotatable bonds is 11. The van der Waals surface area contributed by atoms with Gasteiger partial charge in [-0.05, 0) is 98.9 Å². The molecule has 2 aliphatic rings. The van der Waals surface area contributed by atoms with Crippen molar-refractivity contribution in [3.05, 3.63) is 117 Å². The molecule has 0 atom stereocenters. The Bertz CT molecular complexity index is 2810. The zero-order valence-electron chi connectivity index (χ0n) is 41.1. The molecule has 0 bridgehead atoms. The Labute approximate surface area is 410 Å². The van der Waals surface area contributed by atoms with Crippen LogP contribution in [0.5, 0.6) is 23.0 Å². The van der Waals surface area contributed by atoms with Gasteiger partial charge in [-0.1, -0.05) is 51.7 Å². The summed E-state index contributed by atoms with van der Waals surface area (Å²) in [6.45, 7) is 17.6. The van der Waals surface area contributed by atoms with Gasteiger partial charge in [-0.25, -0.2) is 18.4 Å². The number of phenols is 1. The maximum absolute atomic E-state index is 14.5. The topological polar surface area (TPSA) is 207 Å². The highest BCUT2D eigenvalue weighted by atomic mass is 19.1. The van der Waals surface area contributed by atoms with Crippen molar-refractivity contribution in [1.82, 2.24) is 0 Å². The minimum Gasteiger partial charge on any atom is -0.508 e. The second-order valence-corrected chi connectivity index (χ2v) is 19.1. The van der Waals surface area contributed by atoms with Crippen molar-refractivity contribution in [2.45, 2.75) is 117 Å². The summed E-state index contributed by atoms with van der Waals surface area (Å²) in [6, 6.07) is 13.5. The molecular formula is C54H56F2O15. The van der Waals surface area contributed by atoms with Crippen LogP contribution in [0, 0.1) is 36.3 Å². The molecule has 4 aromatic carbocycles. The van der Waals surface area contributed by atoms with Crippen molar-refractivity contribution in [2.75, 3.05) is 13.6 Å². The molecule has 15 nitrogen and oxygen atoms in total. The molecule has 0 radical (unpaired) electrons. The largest absolute Gasteiger partial charge is 0.508 e. The van der Waals surface area contributed by atoms with Gasteiger partial charge in [0.1, 0.15) is 45.8 Å². The Kier molecular flexibility index (Phi) is 17.8. The predicted molar refractivity (Wildman–Crippen MR) is 253 cm³/mol. The van der Waals surface area contributed by atoms with Crippen LogP contribution in [0.4, 0.5) is 8.78 Å². The van der Waals surface area contributed by atoms with Gasteiger partial charge in [-0.2, -0.15) is 0 Å². The third kappa shape index (κ3) is 15.5. The lowest BCUT2D eigenvalue weighted by Gasteiger charge is -2.43. The molecule has 6 rings (SSSR count). The van der Waals surface area contributed by atoms with Gasteiger partial charge in [-0.3, -0.25) is 19.2 Å². The van der Waals surface area contributed by atoms with Crippen LogP contribution >= 0.6 is 0 Å². The molecule has 2 heterocycles. The number of carbonyl (C=O) groups excluding carboxylic acids is 5. The van der Waals surface area contributed by atoms with Crippen molar-refractivity contribution in [1.29, 1.82) is 0 Å². The number of phenolic OH excluding ortho intramolecular Hbond substituents is 1. The summed E-state index contributed by atoms with van der Waals surface area (Å²) in [5, 5.41) is 18.1. The quantitative estimate of drug-likeness (QED) is 0.0623. The van der Waals surface area contributed by atoms with Gasteiger partial charge in [0.05, 0.1) is 35.1 Å². The maximum atomic E-state index is 14.5. The van der Waals surface area contributed by atoms with Gasteiger partial charge in [0.25, 0.3) is 0 Å². The number of carboxylic acid groups (broad SMARTS) is 1. The summed E-state index contributed by atoms with van der Waals surface area (Å²) < 4.78 is 63.3. The van der Waals surface area contributed by atoms with Crippen LogP contribution in [0.15, 0.2) is 60.7 Å². The Balaban J connectivity index is 0.000000256. The van der Waals surface area contributed by atoms with E-state index in [1.54, 1.807) is 12.1 Å². The number of hydrogen-bond donors (Lipinski definition) is 2. The molecule has 0 spiro atoms. The van der Waals surface area contributed by atoms with E-state index in [9.17, 15) is 37.5 Å². The second-order valence-electron chi connectivity index (χ2n) is 19.1. The van der Waals surface area contributed by atoms with Crippen LogP contribution < -0.4 is 14.2 Å². The first-order valence-electron chi connectivity index (χ1n) is 21.9. The SMILES string of the molecule is C#Cc1cc(C(=O)O)cc2c1OC(C)(C)CC2(C)C.C#Cc1cc(C(=O)Oc2ccc(CC(=O)OCOC(C)=O)c(F)c2)cc2c1OC(C)(C)CC2(C)C.CC(=O)OCOC(=O)Cc1ccc(O)cc1F. The Morgan fingerprint density at radius 2 is 1.04 bits per heavy atom. The van der Waals surface area contributed by atoms with E-state index in [-0.39, 0.29) is 63.0 Å². The molecule has 71 heavy (non-hydrogen) atoms. The van der Waals surface area contributed by atoms with Gasteiger partial charge in [-0.15, -0.1) is 12.8 Å². The first-order valence-corrected chi connectivity index (χ1v) is 21.9. The lowest BCUT2D eigenvalue weighted by atomic mass is 9.72. The minimum absolute atomic E-state index is 0.0301. The molecule has 17 heteroatoms. The average Bonchev–Trinajstić information content (AvgIpc) is 3.24. The molecule has 0 saturated carbocycles. The molecule has 4 aromatic rings. The molecular weight excluding hydrogens is 927 g/mol. The molecule has 0 aliphatic carbocycles. The number of ether oxygens (including phenoxy) is 7. The fourth-order valence-corrected chi connectivity index (χ4v) is 8.23. The number of carboxylic acids is 1. The lowest BCUT2D eigenvalue weighted by Crippen LogP contribution is -2.41. The van der Waals surface area contributed by atoms with Crippen molar-refractivity contribution in [3.8, 4) is 47.7 Å². The molecule has 2 aliphatic heterocycles. The van der Waals surface area contributed by atoms with Crippen LogP contribution in [-0.2, 0) is 61.8 Å². The van der Waals surface area contributed by atoms with Crippen LogP contribution in [-0.4, -0.2) is 70.8 Å². The Morgan fingerprint density at radius 1 is 0.620 bits per heavy atom. The van der Waals surface area contributed by atoms with Gasteiger partial charge in [0.15, 0.2) is 0 Å². The highest BCUT2D eigenvalue weighted by Gasteiger charge is 2.42. The van der Waals surface area contributed by atoms with Crippen LogP contribution in [0.25, 0.3) is 0 Å². The third-order valence-electron chi connectivity index (χ3n) is 10.8. The number of fused-ring (bicyclic) bond motifs is 2. The van der Waals surface area contributed by atoms with E-state index in [4.69, 9.17) is 42.0 Å². The highest BCUT2D eigenvalue weighted by molar-refractivity contribution is 5.92.